The third-order valence-corrected chi connectivity index (χ3v) is 3.61. The van der Waals surface area contributed by atoms with Gasteiger partial charge < -0.3 is 19.8 Å². The summed E-state index contributed by atoms with van der Waals surface area (Å²) in [5.74, 6) is -2.18. The van der Waals surface area contributed by atoms with E-state index in [4.69, 9.17) is 4.42 Å². The number of esters is 1. The molecule has 0 fully saturated rings. The lowest BCUT2D eigenvalue weighted by Crippen LogP contribution is -2.38. The van der Waals surface area contributed by atoms with Crippen molar-refractivity contribution in [2.75, 3.05) is 18.5 Å². The Morgan fingerprint density at radius 1 is 1.07 bits per heavy atom. The van der Waals surface area contributed by atoms with E-state index in [9.17, 15) is 19.2 Å². The summed E-state index contributed by atoms with van der Waals surface area (Å²) in [5, 5.41) is 6.87. The number of imide groups is 1. The minimum absolute atomic E-state index is 0.0451. The minimum Gasteiger partial charge on any atom is -0.459 e. The molecule has 0 bridgehead atoms. The smallest absolute Gasteiger partial charge is 0.325 e. The van der Waals surface area contributed by atoms with Gasteiger partial charge in [-0.05, 0) is 43.2 Å². The molecule has 0 spiro atoms. The Balaban J connectivity index is 1.70. The van der Waals surface area contributed by atoms with Crippen LogP contribution in [-0.4, -0.2) is 37.0 Å². The van der Waals surface area contributed by atoms with Gasteiger partial charge >= 0.3 is 12.0 Å². The minimum atomic E-state index is -0.833. The van der Waals surface area contributed by atoms with E-state index >= 15 is 0 Å². The van der Waals surface area contributed by atoms with Gasteiger partial charge in [-0.1, -0.05) is 12.1 Å². The maximum atomic E-state index is 11.8. The Kier molecular flexibility index (Phi) is 6.70. The Hall–Kier alpha value is -3.62. The van der Waals surface area contributed by atoms with E-state index in [0.29, 0.717) is 5.69 Å². The molecule has 1 aromatic heterocycles. The zero-order chi connectivity index (χ0) is 19.8. The molecule has 2 aromatic rings. The molecule has 142 valence electrons. The van der Waals surface area contributed by atoms with Gasteiger partial charge in [-0.25, -0.2) is 4.79 Å². The molecule has 0 aliphatic carbocycles. The number of benzene rings is 1. The summed E-state index contributed by atoms with van der Waals surface area (Å²) in [6, 6.07) is 7.60. The highest BCUT2D eigenvalue weighted by Gasteiger charge is 2.14. The quantitative estimate of drug-likeness (QED) is 0.659. The van der Waals surface area contributed by atoms with Gasteiger partial charge in [0.15, 0.2) is 12.4 Å². The number of amides is 4. The number of urea groups is 1. The number of furan rings is 1. The highest BCUT2D eigenvalue weighted by molar-refractivity contribution is 6.02. The van der Waals surface area contributed by atoms with E-state index in [1.54, 1.807) is 12.1 Å². The molecular weight excluding hydrogens is 354 g/mol. The second kappa shape index (κ2) is 9.18. The summed E-state index contributed by atoms with van der Waals surface area (Å²) in [6.07, 6.45) is 1.32. The summed E-state index contributed by atoms with van der Waals surface area (Å²) in [4.78, 5) is 46.6. The van der Waals surface area contributed by atoms with Crippen molar-refractivity contribution < 1.29 is 28.3 Å². The molecule has 0 aliphatic rings. The topological polar surface area (TPSA) is 127 Å². The third-order valence-electron chi connectivity index (χ3n) is 3.61. The van der Waals surface area contributed by atoms with Crippen LogP contribution in [0.1, 0.15) is 21.7 Å². The zero-order valence-electron chi connectivity index (χ0n) is 14.8. The molecule has 1 heterocycles. The lowest BCUT2D eigenvalue weighted by molar-refractivity contribution is -0.147. The van der Waals surface area contributed by atoms with E-state index < -0.39 is 37.0 Å². The van der Waals surface area contributed by atoms with Crippen LogP contribution in [0.25, 0.3) is 0 Å². The van der Waals surface area contributed by atoms with Crippen molar-refractivity contribution in [2.45, 2.75) is 13.8 Å². The number of hydrogen-bond acceptors (Lipinski definition) is 6. The van der Waals surface area contributed by atoms with Crippen LogP contribution in [0, 0.1) is 13.8 Å². The second-order valence-corrected chi connectivity index (χ2v) is 5.57. The van der Waals surface area contributed by atoms with Gasteiger partial charge in [0.25, 0.3) is 11.8 Å². The van der Waals surface area contributed by atoms with Crippen LogP contribution in [0.3, 0.4) is 0 Å². The molecular formula is C18H19N3O6. The summed E-state index contributed by atoms with van der Waals surface area (Å²) in [7, 11) is 0. The highest BCUT2D eigenvalue weighted by Crippen LogP contribution is 2.17. The highest BCUT2D eigenvalue weighted by atomic mass is 16.5. The predicted molar refractivity (Wildman–Crippen MR) is 95.1 cm³/mol. The molecule has 0 saturated carbocycles. The molecule has 2 rings (SSSR count). The van der Waals surface area contributed by atoms with Crippen molar-refractivity contribution in [3.05, 3.63) is 53.5 Å². The van der Waals surface area contributed by atoms with Gasteiger partial charge in [0.2, 0.25) is 0 Å². The monoisotopic (exact) mass is 373 g/mol. The van der Waals surface area contributed by atoms with Crippen molar-refractivity contribution in [3.8, 4) is 0 Å². The van der Waals surface area contributed by atoms with E-state index in [0.717, 1.165) is 11.1 Å². The fraction of sp³-hybridized carbons (Fsp3) is 0.222. The van der Waals surface area contributed by atoms with Crippen molar-refractivity contribution in [1.82, 2.24) is 10.6 Å². The fourth-order valence-corrected chi connectivity index (χ4v) is 2.05. The largest absolute Gasteiger partial charge is 0.459 e. The van der Waals surface area contributed by atoms with Gasteiger partial charge in [0.1, 0.15) is 6.54 Å². The van der Waals surface area contributed by atoms with Crippen LogP contribution < -0.4 is 16.0 Å². The average molecular weight is 373 g/mol. The molecule has 0 unspecified atom stereocenters. The molecule has 27 heavy (non-hydrogen) atoms. The van der Waals surface area contributed by atoms with Crippen molar-refractivity contribution in [2.24, 2.45) is 0 Å². The molecule has 1 aromatic carbocycles. The van der Waals surface area contributed by atoms with E-state index in [2.05, 4.69) is 15.4 Å². The lowest BCUT2D eigenvalue weighted by atomic mass is 10.1. The maximum Gasteiger partial charge on any atom is 0.325 e. The van der Waals surface area contributed by atoms with Crippen molar-refractivity contribution in [1.29, 1.82) is 0 Å². The maximum absolute atomic E-state index is 11.8. The number of rotatable bonds is 6. The van der Waals surface area contributed by atoms with Gasteiger partial charge in [0, 0.05) is 5.69 Å². The Bertz CT molecular complexity index is 845. The standard InChI is InChI=1S/C18H19N3O6/c1-11-5-3-6-13(12(11)2)20-18(25)21-15(22)10-27-16(23)9-19-17(24)14-7-4-8-26-14/h3-8H,9-10H2,1-2H3,(H,19,24)(H2,20,21,22,25). The van der Waals surface area contributed by atoms with Crippen molar-refractivity contribution >= 4 is 29.5 Å². The summed E-state index contributed by atoms with van der Waals surface area (Å²) in [5.41, 5.74) is 2.43. The molecule has 9 nitrogen and oxygen atoms in total. The first-order valence-electron chi connectivity index (χ1n) is 8.01. The van der Waals surface area contributed by atoms with Crippen LogP contribution in [0.4, 0.5) is 10.5 Å². The fourth-order valence-electron chi connectivity index (χ4n) is 2.05. The summed E-state index contributed by atoms with van der Waals surface area (Å²) in [6.45, 7) is 2.64. The van der Waals surface area contributed by atoms with Crippen LogP contribution in [0.15, 0.2) is 41.0 Å². The SMILES string of the molecule is Cc1cccc(NC(=O)NC(=O)COC(=O)CNC(=O)c2ccco2)c1C. The second-order valence-electron chi connectivity index (χ2n) is 5.57. The number of aryl methyl sites for hydroxylation is 1. The van der Waals surface area contributed by atoms with E-state index in [1.165, 1.54) is 18.4 Å². The summed E-state index contributed by atoms with van der Waals surface area (Å²) < 4.78 is 9.55. The molecule has 0 atom stereocenters. The molecule has 3 N–H and O–H groups in total. The summed E-state index contributed by atoms with van der Waals surface area (Å²) >= 11 is 0. The Labute approximate surface area is 155 Å². The molecule has 0 saturated heterocycles. The van der Waals surface area contributed by atoms with E-state index in [-0.39, 0.29) is 5.76 Å². The van der Waals surface area contributed by atoms with Crippen LogP contribution in [0.2, 0.25) is 0 Å². The first kappa shape index (κ1) is 19.7. The van der Waals surface area contributed by atoms with Gasteiger partial charge in [-0.15, -0.1) is 0 Å². The number of nitrogens with one attached hydrogen (secondary N) is 3. The number of ether oxygens (including phenoxy) is 1. The number of hydrogen-bond donors (Lipinski definition) is 3. The van der Waals surface area contributed by atoms with Crippen LogP contribution in [0.5, 0.6) is 0 Å². The van der Waals surface area contributed by atoms with Crippen molar-refractivity contribution in [3.63, 3.8) is 0 Å². The Morgan fingerprint density at radius 2 is 1.85 bits per heavy atom. The molecule has 4 amide bonds. The first-order valence-corrected chi connectivity index (χ1v) is 8.01. The Morgan fingerprint density at radius 3 is 2.56 bits per heavy atom. The van der Waals surface area contributed by atoms with E-state index in [1.807, 2.05) is 25.2 Å². The molecule has 0 aliphatic heterocycles. The normalized spacial score (nSPS) is 10.0. The van der Waals surface area contributed by atoms with Gasteiger partial charge in [-0.3, -0.25) is 19.7 Å². The first-order chi connectivity index (χ1) is 12.9. The van der Waals surface area contributed by atoms with Gasteiger partial charge in [0.05, 0.1) is 6.26 Å². The average Bonchev–Trinajstić information content (AvgIpc) is 3.16. The zero-order valence-corrected chi connectivity index (χ0v) is 14.8. The lowest BCUT2D eigenvalue weighted by Gasteiger charge is -2.11. The third kappa shape index (κ3) is 5.99. The van der Waals surface area contributed by atoms with Crippen LogP contribution in [-0.2, 0) is 14.3 Å². The van der Waals surface area contributed by atoms with Gasteiger partial charge in [-0.2, -0.15) is 0 Å². The molecule has 9 heteroatoms. The van der Waals surface area contributed by atoms with Crippen LogP contribution >= 0.6 is 0 Å². The number of carbonyl (C=O) groups excluding carboxylic acids is 4. The number of carbonyl (C=O) groups is 4. The number of anilines is 1. The predicted octanol–water partition coefficient (Wildman–Crippen LogP) is 1.52. The molecule has 0 radical (unpaired) electrons.